The average Bonchev–Trinajstić information content (AvgIpc) is 3.25. The number of aromatic nitrogens is 4. The van der Waals surface area contributed by atoms with E-state index in [0.717, 1.165) is 56.1 Å². The molecule has 2 heterocycles. The van der Waals surface area contributed by atoms with Crippen LogP contribution >= 0.6 is 0 Å². The summed E-state index contributed by atoms with van der Waals surface area (Å²) in [6.07, 6.45) is 6.38. The van der Waals surface area contributed by atoms with Gasteiger partial charge in [-0.05, 0) is 73.3 Å². The molecule has 8 nitrogen and oxygen atoms in total. The first-order valence-corrected chi connectivity index (χ1v) is 10.2. The molecule has 1 aromatic carbocycles. The molecule has 2 aliphatic rings. The molecule has 2 aromatic rings. The van der Waals surface area contributed by atoms with Gasteiger partial charge in [-0.2, -0.15) is 5.21 Å². The van der Waals surface area contributed by atoms with Crippen LogP contribution in [0.25, 0.3) is 11.4 Å². The van der Waals surface area contributed by atoms with Crippen molar-refractivity contribution in [2.75, 3.05) is 18.5 Å². The van der Waals surface area contributed by atoms with Gasteiger partial charge < -0.3 is 15.4 Å². The molecule has 8 heteroatoms. The highest BCUT2D eigenvalue weighted by molar-refractivity contribution is 5.90. The topological polar surface area (TPSA) is 105 Å². The number of aromatic amines is 1. The lowest BCUT2D eigenvalue weighted by atomic mass is 9.87. The second-order valence-electron chi connectivity index (χ2n) is 7.98. The number of H-pyrrole nitrogens is 1. The Balaban J connectivity index is 1.48. The minimum Gasteiger partial charge on any atom is -0.381 e. The van der Waals surface area contributed by atoms with E-state index < -0.39 is 0 Å². The summed E-state index contributed by atoms with van der Waals surface area (Å²) < 4.78 is 5.49. The van der Waals surface area contributed by atoms with Crippen LogP contribution in [-0.2, 0) is 4.74 Å². The second kappa shape index (κ2) is 8.68. The molecule has 4 rings (SSSR count). The minimum absolute atomic E-state index is 0.155. The Labute approximate surface area is 164 Å². The van der Waals surface area contributed by atoms with Crippen molar-refractivity contribution in [2.45, 2.75) is 57.4 Å². The van der Waals surface area contributed by atoms with Crippen molar-refractivity contribution in [2.24, 2.45) is 5.92 Å². The van der Waals surface area contributed by atoms with Crippen molar-refractivity contribution in [3.63, 3.8) is 0 Å². The number of benzene rings is 1. The van der Waals surface area contributed by atoms with E-state index in [-0.39, 0.29) is 12.1 Å². The Morgan fingerprint density at radius 2 is 1.93 bits per heavy atom. The lowest BCUT2D eigenvalue weighted by Gasteiger charge is -2.27. The first kappa shape index (κ1) is 18.9. The van der Waals surface area contributed by atoms with Gasteiger partial charge in [-0.1, -0.05) is 13.0 Å². The molecule has 1 aliphatic heterocycles. The largest absolute Gasteiger partial charge is 0.381 e. The Morgan fingerprint density at radius 1 is 1.14 bits per heavy atom. The van der Waals surface area contributed by atoms with Gasteiger partial charge in [0.05, 0.1) is 0 Å². The fourth-order valence-corrected chi connectivity index (χ4v) is 4.23. The number of hydrogen-bond acceptors (Lipinski definition) is 5. The van der Waals surface area contributed by atoms with Gasteiger partial charge >= 0.3 is 6.03 Å². The summed E-state index contributed by atoms with van der Waals surface area (Å²) in [4.78, 5) is 12.5. The van der Waals surface area contributed by atoms with Crippen molar-refractivity contribution in [1.29, 1.82) is 0 Å². The molecule has 28 heavy (non-hydrogen) atoms. The van der Waals surface area contributed by atoms with Crippen LogP contribution in [0.1, 0.15) is 56.9 Å². The zero-order valence-corrected chi connectivity index (χ0v) is 16.3. The van der Waals surface area contributed by atoms with Crippen molar-refractivity contribution >= 4 is 11.7 Å². The summed E-state index contributed by atoms with van der Waals surface area (Å²) in [5.74, 6) is 1.71. The monoisotopic (exact) mass is 384 g/mol. The van der Waals surface area contributed by atoms with E-state index in [4.69, 9.17) is 4.74 Å². The number of anilines is 1. The summed E-state index contributed by atoms with van der Waals surface area (Å²) in [6, 6.07) is 6.07. The zero-order valence-electron chi connectivity index (χ0n) is 16.3. The normalized spacial score (nSPS) is 23.3. The number of amides is 2. The first-order chi connectivity index (χ1) is 13.7. The number of carbonyl (C=O) groups is 1. The third-order valence-electron chi connectivity index (χ3n) is 5.91. The summed E-state index contributed by atoms with van der Waals surface area (Å²) >= 11 is 0. The quantitative estimate of drug-likeness (QED) is 0.749. The van der Waals surface area contributed by atoms with Crippen LogP contribution in [0.3, 0.4) is 0 Å². The van der Waals surface area contributed by atoms with E-state index in [1.807, 2.05) is 12.1 Å². The second-order valence-corrected chi connectivity index (χ2v) is 7.98. The molecule has 0 atom stereocenters. The molecule has 1 saturated heterocycles. The predicted octanol–water partition coefficient (Wildman–Crippen LogP) is 3.46. The molecule has 0 unspecified atom stereocenters. The van der Waals surface area contributed by atoms with Crippen LogP contribution in [0, 0.1) is 5.92 Å². The molecule has 0 bridgehead atoms. The van der Waals surface area contributed by atoms with Crippen LogP contribution in [0.15, 0.2) is 18.2 Å². The molecule has 150 valence electrons. The number of nitrogens with one attached hydrogen (secondary N) is 3. The molecule has 3 N–H and O–H groups in total. The standard InChI is InChI=1S/C20H28N6O2/c1-13-2-4-15(5-3-13)21-20(27)22-16-6-7-17(14-8-10-28-11-9-14)18(12-16)19-23-25-26-24-19/h6-7,12-15H,2-5,8-11H2,1H3,(H2,21,22,27)(H,23,24,25,26)/t13-,15+. The molecular formula is C20H28N6O2. The lowest BCUT2D eigenvalue weighted by molar-refractivity contribution is 0.0854. The van der Waals surface area contributed by atoms with E-state index in [1.165, 1.54) is 18.4 Å². The molecule has 0 radical (unpaired) electrons. The number of ether oxygens (including phenoxy) is 1. The predicted molar refractivity (Wildman–Crippen MR) is 106 cm³/mol. The maximum Gasteiger partial charge on any atom is 0.319 e. The van der Waals surface area contributed by atoms with Crippen LogP contribution in [0.5, 0.6) is 0 Å². The van der Waals surface area contributed by atoms with E-state index in [0.29, 0.717) is 11.7 Å². The Bertz CT molecular complexity index is 780. The van der Waals surface area contributed by atoms with Crippen molar-refractivity contribution in [3.8, 4) is 11.4 Å². The van der Waals surface area contributed by atoms with E-state index >= 15 is 0 Å². The van der Waals surface area contributed by atoms with Gasteiger partial charge in [-0.3, -0.25) is 0 Å². The number of hydrogen-bond donors (Lipinski definition) is 3. The molecule has 2 amide bonds. The minimum atomic E-state index is -0.155. The number of rotatable bonds is 4. The number of nitrogens with zero attached hydrogens (tertiary/aromatic N) is 3. The Kier molecular flexibility index (Phi) is 5.85. The van der Waals surface area contributed by atoms with E-state index in [1.54, 1.807) is 0 Å². The maximum atomic E-state index is 12.5. The molecular weight excluding hydrogens is 356 g/mol. The Hall–Kier alpha value is -2.48. The number of carbonyl (C=O) groups excluding carboxylic acids is 1. The summed E-state index contributed by atoms with van der Waals surface area (Å²) in [5.41, 5.74) is 2.82. The van der Waals surface area contributed by atoms with Gasteiger partial charge in [0.25, 0.3) is 0 Å². The highest BCUT2D eigenvalue weighted by atomic mass is 16.5. The first-order valence-electron chi connectivity index (χ1n) is 10.2. The lowest BCUT2D eigenvalue weighted by Crippen LogP contribution is -2.39. The fourth-order valence-electron chi connectivity index (χ4n) is 4.23. The highest BCUT2D eigenvalue weighted by Crippen LogP contribution is 2.35. The smallest absolute Gasteiger partial charge is 0.319 e. The molecule has 1 saturated carbocycles. The number of tetrazole rings is 1. The van der Waals surface area contributed by atoms with Gasteiger partial charge in [0.2, 0.25) is 5.82 Å². The third kappa shape index (κ3) is 4.49. The molecule has 1 aliphatic carbocycles. The zero-order chi connectivity index (χ0) is 19.3. The Morgan fingerprint density at radius 3 is 2.64 bits per heavy atom. The summed E-state index contributed by atoms with van der Waals surface area (Å²) in [7, 11) is 0. The van der Waals surface area contributed by atoms with Crippen molar-refractivity contribution in [3.05, 3.63) is 23.8 Å². The third-order valence-corrected chi connectivity index (χ3v) is 5.91. The van der Waals surface area contributed by atoms with Gasteiger partial charge in [0.1, 0.15) is 0 Å². The van der Waals surface area contributed by atoms with Crippen molar-refractivity contribution < 1.29 is 9.53 Å². The van der Waals surface area contributed by atoms with Gasteiger partial charge in [-0.25, -0.2) is 4.79 Å². The molecule has 1 aromatic heterocycles. The van der Waals surface area contributed by atoms with Crippen LogP contribution < -0.4 is 10.6 Å². The van der Waals surface area contributed by atoms with Crippen LogP contribution in [-0.4, -0.2) is 45.9 Å². The van der Waals surface area contributed by atoms with Crippen molar-refractivity contribution in [1.82, 2.24) is 25.9 Å². The van der Waals surface area contributed by atoms with Gasteiger partial charge in [0, 0.05) is 30.5 Å². The highest BCUT2D eigenvalue weighted by Gasteiger charge is 2.23. The van der Waals surface area contributed by atoms with Crippen LogP contribution in [0.2, 0.25) is 0 Å². The van der Waals surface area contributed by atoms with Gasteiger partial charge in [-0.15, -0.1) is 10.2 Å². The van der Waals surface area contributed by atoms with E-state index in [9.17, 15) is 4.79 Å². The maximum absolute atomic E-state index is 12.5. The van der Waals surface area contributed by atoms with Crippen LogP contribution in [0.4, 0.5) is 10.5 Å². The average molecular weight is 384 g/mol. The number of urea groups is 1. The fraction of sp³-hybridized carbons (Fsp3) is 0.600. The SMILES string of the molecule is C[C@H]1CC[C@@H](NC(=O)Nc2ccc(C3CCOCC3)c(-c3nn[nH]n3)c2)CC1. The van der Waals surface area contributed by atoms with Gasteiger partial charge in [0.15, 0.2) is 0 Å². The molecule has 0 spiro atoms. The molecule has 2 fully saturated rings. The summed E-state index contributed by atoms with van der Waals surface area (Å²) in [6.45, 7) is 3.80. The summed E-state index contributed by atoms with van der Waals surface area (Å²) in [5, 5.41) is 20.6. The van der Waals surface area contributed by atoms with E-state index in [2.05, 4.69) is 44.2 Å².